The Hall–Kier alpha value is -3.95. The van der Waals surface area contributed by atoms with Crippen LogP contribution in [0.15, 0.2) is 0 Å². The van der Waals surface area contributed by atoms with Crippen LogP contribution < -0.4 is 0 Å². The number of ketones is 2. The highest BCUT2D eigenvalue weighted by Gasteiger charge is 2.62. The molecule has 8 aliphatic carbocycles. The zero-order chi connectivity index (χ0) is 59.7. The summed E-state index contributed by atoms with van der Waals surface area (Å²) < 4.78 is 22.9. The number of hydrogen-bond acceptors (Lipinski definition) is 13. The van der Waals surface area contributed by atoms with Crippen LogP contribution in [0.3, 0.4) is 0 Å². The highest BCUT2D eigenvalue weighted by molar-refractivity contribution is 5.80. The van der Waals surface area contributed by atoms with E-state index in [1.807, 2.05) is 46.7 Å². The largest absolute Gasteiger partial charge is 0.509 e. The van der Waals surface area contributed by atoms with Crippen molar-refractivity contribution in [2.75, 3.05) is 53.6 Å². The van der Waals surface area contributed by atoms with Crippen LogP contribution in [-0.2, 0) is 42.9 Å². The molecule has 16 atom stereocenters. The predicted octanol–water partition coefficient (Wildman–Crippen LogP) is 13.9. The minimum absolute atomic E-state index is 0. The van der Waals surface area contributed by atoms with Crippen molar-refractivity contribution in [3.05, 3.63) is 0 Å². The number of ether oxygens (including phenoxy) is 5. The van der Waals surface area contributed by atoms with Crippen molar-refractivity contribution in [2.24, 2.45) is 92.7 Å². The Balaban J connectivity index is 0.000000288. The number of amides is 1. The number of carbonyl (C=O) groups excluding carboxylic acids is 5. The number of likely N-dealkylation sites (tertiary alicyclic amines) is 1. The van der Waals surface area contributed by atoms with E-state index in [0.717, 1.165) is 59.2 Å². The predicted molar refractivity (Wildman–Crippen MR) is 311 cm³/mol. The van der Waals surface area contributed by atoms with Crippen molar-refractivity contribution >= 4 is 41.9 Å². The Morgan fingerprint density at radius 3 is 1.35 bits per heavy atom. The standard InChI is InChI=1S/2C22H36O.C11H17NO7.C7H13NO5.C2H6.2H2/c2*1-14-9-11-21(3)16(13-14)5-6-17-19-8-7-18(15(2)23)22(19,4)12-10-20(17)21;1-11(2,3)19-9(15)12-4-7(5-12)18-10(16)17-6-8(13)14;1-8(2)3-4-12-7(11)13-5-6(9)10;1-2;;/h2*14,16-20H,5-13H2,1-4H3;7H,4-6H2,1-3H3,(H,13,14);3-5H2,1-2H3,(H,9,10);1-2H3;2*1H/t14-,16?,17?,18+,19?,20?,21-,22+;14-,16?,17-,18+,19-,20?,21-,22+;;;;;/m00...../s1. The molecule has 462 valence electrons. The molecule has 0 aromatic rings. The smallest absolute Gasteiger partial charge is 0.479 e. The highest BCUT2D eigenvalue weighted by atomic mass is 16.7. The van der Waals surface area contributed by atoms with E-state index in [-0.39, 0.29) is 22.5 Å². The summed E-state index contributed by atoms with van der Waals surface area (Å²) in [5, 5.41) is 16.4. The average molecular weight is 1130 g/mol. The molecule has 0 aromatic heterocycles. The maximum atomic E-state index is 12.2. The van der Waals surface area contributed by atoms with E-state index in [0.29, 0.717) is 51.6 Å². The maximum Gasteiger partial charge on any atom is 0.509 e. The molecule has 16 nitrogen and oxygen atoms in total. The van der Waals surface area contributed by atoms with Crippen molar-refractivity contribution < 1.29 is 70.3 Å². The van der Waals surface area contributed by atoms with E-state index in [1.54, 1.807) is 20.8 Å². The van der Waals surface area contributed by atoms with Crippen LogP contribution in [-0.4, -0.2) is 127 Å². The number of fused-ring (bicyclic) bond motifs is 10. The molecule has 1 aliphatic heterocycles. The third-order valence-corrected chi connectivity index (χ3v) is 22.0. The van der Waals surface area contributed by atoms with Gasteiger partial charge in [0.2, 0.25) is 0 Å². The molecule has 1 saturated heterocycles. The maximum absolute atomic E-state index is 12.2. The van der Waals surface area contributed by atoms with Crippen LogP contribution >= 0.6 is 0 Å². The summed E-state index contributed by atoms with van der Waals surface area (Å²) in [5.74, 6) is 8.53. The summed E-state index contributed by atoms with van der Waals surface area (Å²) in [6, 6.07) is 0. The van der Waals surface area contributed by atoms with Gasteiger partial charge >= 0.3 is 30.3 Å². The van der Waals surface area contributed by atoms with Crippen molar-refractivity contribution in [3.63, 3.8) is 0 Å². The van der Waals surface area contributed by atoms with Crippen LogP contribution in [0, 0.1) is 92.7 Å². The Morgan fingerprint density at radius 2 is 0.963 bits per heavy atom. The number of likely N-dealkylation sites (N-methyl/N-ethyl adjacent to an activating group) is 1. The Morgan fingerprint density at radius 1 is 0.562 bits per heavy atom. The van der Waals surface area contributed by atoms with Gasteiger partial charge in [-0.25, -0.2) is 24.0 Å². The summed E-state index contributed by atoms with van der Waals surface area (Å²) in [4.78, 5) is 80.8. The monoisotopic (exact) mass is 1130 g/mol. The first-order valence-electron chi connectivity index (χ1n) is 31.1. The van der Waals surface area contributed by atoms with Gasteiger partial charge in [-0.3, -0.25) is 9.59 Å². The molecule has 16 heteroatoms. The number of nitrogens with zero attached hydrogens (tertiary/aromatic N) is 2. The van der Waals surface area contributed by atoms with Gasteiger partial charge in [0.1, 0.15) is 29.9 Å². The van der Waals surface area contributed by atoms with Gasteiger partial charge in [0, 0.05) is 21.2 Å². The van der Waals surface area contributed by atoms with Crippen LogP contribution in [0.5, 0.6) is 0 Å². The fourth-order valence-corrected chi connectivity index (χ4v) is 18.0. The second kappa shape index (κ2) is 28.1. The number of carbonyl (C=O) groups is 7. The lowest BCUT2D eigenvalue weighted by atomic mass is 9.44. The summed E-state index contributed by atoms with van der Waals surface area (Å²) in [7, 11) is 3.65. The lowest BCUT2D eigenvalue weighted by molar-refractivity contribution is -0.142. The number of rotatable bonds is 10. The van der Waals surface area contributed by atoms with Crippen LogP contribution in [0.4, 0.5) is 14.4 Å². The number of carboxylic acids is 2. The van der Waals surface area contributed by atoms with Crippen molar-refractivity contribution in [3.8, 4) is 0 Å². The van der Waals surface area contributed by atoms with Crippen LogP contribution in [0.1, 0.15) is 208 Å². The number of Topliss-reactive ketones (excluding diaryl/α,β-unsaturated/α-hetero) is 2. The molecule has 0 aromatic carbocycles. The minimum atomic E-state index is -1.26. The van der Waals surface area contributed by atoms with Gasteiger partial charge in [-0.2, -0.15) is 0 Å². The van der Waals surface area contributed by atoms with E-state index in [9.17, 15) is 33.6 Å². The van der Waals surface area contributed by atoms with Crippen molar-refractivity contribution in [1.29, 1.82) is 0 Å². The lowest BCUT2D eigenvalue weighted by Crippen LogP contribution is -2.56. The molecular formula is C64H112N2O14. The van der Waals surface area contributed by atoms with Crippen LogP contribution in [0.2, 0.25) is 0 Å². The molecule has 9 rings (SSSR count). The number of carboxylic acid groups (broad SMARTS) is 2. The van der Waals surface area contributed by atoms with E-state index < -0.39 is 55.3 Å². The Labute approximate surface area is 483 Å². The second-order valence-electron chi connectivity index (χ2n) is 28.3. The summed E-state index contributed by atoms with van der Waals surface area (Å²) in [6.45, 7) is 27.9. The molecule has 1 heterocycles. The van der Waals surface area contributed by atoms with E-state index >= 15 is 0 Å². The second-order valence-corrected chi connectivity index (χ2v) is 28.3. The first-order chi connectivity index (χ1) is 37.4. The molecule has 1 amide bonds. The third-order valence-electron chi connectivity index (χ3n) is 22.0. The quantitative estimate of drug-likeness (QED) is 0.154. The first-order valence-corrected chi connectivity index (χ1v) is 31.1. The molecule has 80 heavy (non-hydrogen) atoms. The molecule has 8 saturated carbocycles. The van der Waals surface area contributed by atoms with Gasteiger partial charge in [0.15, 0.2) is 13.2 Å². The SMILES string of the molecule is CC.CC(=O)[C@H]1CCC2C3CCC4C[C@@H](C)CC[C@]4(C)C3CC[C@@]21C.CC(=O)[C@H]1CC[C@H]2[C@@H]3CCC4C[C@@H](C)CC[C@]4(C)C3CC[C@]12C.CC(C)(C)OC(=O)N1CC(OC(=O)OCC(=O)O)C1.CN(C)CCOC(=O)OCC(=O)O.[HH].[HH]. The zero-order valence-electron chi connectivity index (χ0n) is 52.2. The van der Waals surface area contributed by atoms with Crippen molar-refractivity contribution in [2.45, 2.75) is 217 Å². The summed E-state index contributed by atoms with van der Waals surface area (Å²) in [5.41, 5.74) is 1.32. The molecular weight excluding hydrogens is 1020 g/mol. The number of aliphatic carboxylic acids is 2. The number of hydrogen-bond donors (Lipinski definition) is 2. The molecule has 6 unspecified atom stereocenters. The third kappa shape index (κ3) is 16.0. The highest BCUT2D eigenvalue weighted by Crippen LogP contribution is 2.69. The van der Waals surface area contributed by atoms with Gasteiger partial charge in [-0.15, -0.1) is 0 Å². The molecule has 0 bridgehead atoms. The Kier molecular flexibility index (Phi) is 23.5. The topological polar surface area (TPSA) is 213 Å². The zero-order valence-corrected chi connectivity index (χ0v) is 52.2. The van der Waals surface area contributed by atoms with Gasteiger partial charge in [0.05, 0.1) is 13.1 Å². The van der Waals surface area contributed by atoms with Gasteiger partial charge in [-0.05, 0) is 232 Å². The molecule has 0 spiro atoms. The molecule has 2 N–H and O–H groups in total. The van der Waals surface area contributed by atoms with Gasteiger partial charge < -0.3 is 43.7 Å². The summed E-state index contributed by atoms with van der Waals surface area (Å²) >= 11 is 0. The van der Waals surface area contributed by atoms with Gasteiger partial charge in [-0.1, -0.05) is 68.2 Å². The molecule has 0 radical (unpaired) electrons. The first kappa shape index (κ1) is 66.8. The average Bonchev–Trinajstić information content (AvgIpc) is 4.13. The fraction of sp³-hybridized carbons (Fsp3) is 0.891. The van der Waals surface area contributed by atoms with Crippen LogP contribution in [0.25, 0.3) is 0 Å². The normalized spacial score (nSPS) is 37.3. The van der Waals surface area contributed by atoms with Gasteiger partial charge in [0.25, 0.3) is 0 Å². The lowest BCUT2D eigenvalue weighted by Gasteiger charge is -2.61. The van der Waals surface area contributed by atoms with E-state index in [2.05, 4.69) is 55.8 Å². The van der Waals surface area contributed by atoms with Crippen molar-refractivity contribution in [1.82, 2.24) is 9.80 Å². The fourth-order valence-electron chi connectivity index (χ4n) is 18.0. The molecule has 9 aliphatic rings. The molecule has 9 fully saturated rings. The minimum Gasteiger partial charge on any atom is -0.479 e. The van der Waals surface area contributed by atoms with E-state index in [4.69, 9.17) is 19.7 Å². The summed E-state index contributed by atoms with van der Waals surface area (Å²) in [6.07, 6.45) is 22.2. The Bertz CT molecular complexity index is 2040. The van der Waals surface area contributed by atoms with E-state index in [1.165, 1.54) is 120 Å².